The fraction of sp³-hybridized carbons (Fsp3) is 0.571. The van der Waals surface area contributed by atoms with Gasteiger partial charge in [-0.15, -0.1) is 35.3 Å². The average Bonchev–Trinajstić information content (AvgIpc) is 3.18. The number of nitrogens with one attached hydrogen (secondary N) is 1. The van der Waals surface area contributed by atoms with Crippen LogP contribution in [0, 0.1) is 0 Å². The second kappa shape index (κ2) is 11.1. The number of rotatable bonds is 5. The van der Waals surface area contributed by atoms with Crippen LogP contribution in [0.5, 0.6) is 0 Å². The Hall–Kier alpha value is -1.42. The number of pyridine rings is 1. The molecule has 1 N–H and O–H groups in total. The van der Waals surface area contributed by atoms with Crippen LogP contribution in [-0.4, -0.2) is 60.1 Å². The molecule has 29 heavy (non-hydrogen) atoms. The van der Waals surface area contributed by atoms with E-state index in [9.17, 15) is 0 Å². The number of hydrogen-bond donors (Lipinski definition) is 1. The number of aliphatic imine (C=N–C) groups is 1. The molecule has 2 aromatic rings. The summed E-state index contributed by atoms with van der Waals surface area (Å²) in [6.45, 7) is 14.2. The van der Waals surface area contributed by atoms with Gasteiger partial charge in [-0.1, -0.05) is 26.8 Å². The van der Waals surface area contributed by atoms with Gasteiger partial charge < -0.3 is 15.1 Å². The van der Waals surface area contributed by atoms with Crippen LogP contribution in [0.1, 0.15) is 38.4 Å². The molecule has 0 radical (unpaired) electrons. The van der Waals surface area contributed by atoms with Crippen LogP contribution in [0.15, 0.2) is 34.8 Å². The summed E-state index contributed by atoms with van der Waals surface area (Å²) in [6.07, 6.45) is 2.75. The van der Waals surface area contributed by atoms with Crippen molar-refractivity contribution in [2.75, 3.05) is 44.2 Å². The molecule has 0 unspecified atom stereocenters. The fourth-order valence-corrected chi connectivity index (χ4v) is 4.16. The van der Waals surface area contributed by atoms with Gasteiger partial charge in [0.25, 0.3) is 0 Å². The van der Waals surface area contributed by atoms with E-state index in [0.717, 1.165) is 57.5 Å². The van der Waals surface area contributed by atoms with Gasteiger partial charge in [-0.2, -0.15) is 0 Å². The van der Waals surface area contributed by atoms with E-state index in [-0.39, 0.29) is 29.4 Å². The molecular weight excluding hydrogens is 495 g/mol. The predicted octanol–water partition coefficient (Wildman–Crippen LogP) is 3.78. The van der Waals surface area contributed by atoms with Crippen LogP contribution in [0.3, 0.4) is 0 Å². The van der Waals surface area contributed by atoms with Gasteiger partial charge in [-0.05, 0) is 19.1 Å². The maximum atomic E-state index is 4.87. The Labute approximate surface area is 195 Å². The number of guanidine groups is 1. The quantitative estimate of drug-likeness (QED) is 0.364. The van der Waals surface area contributed by atoms with Gasteiger partial charge in [-0.25, -0.2) is 9.97 Å². The van der Waals surface area contributed by atoms with E-state index in [1.165, 1.54) is 10.7 Å². The molecule has 160 valence electrons. The number of thiazole rings is 1. The minimum absolute atomic E-state index is 0. The van der Waals surface area contributed by atoms with Crippen LogP contribution in [0.25, 0.3) is 0 Å². The van der Waals surface area contributed by atoms with Gasteiger partial charge in [0, 0.05) is 62.7 Å². The highest BCUT2D eigenvalue weighted by atomic mass is 127. The maximum absolute atomic E-state index is 4.87. The zero-order valence-corrected chi connectivity index (χ0v) is 21.0. The summed E-state index contributed by atoms with van der Waals surface area (Å²) in [5.41, 5.74) is 1.29. The van der Waals surface area contributed by atoms with Crippen LogP contribution in [-0.2, 0) is 11.8 Å². The van der Waals surface area contributed by atoms with Gasteiger partial charge in [-0.3, -0.25) is 4.99 Å². The Morgan fingerprint density at radius 1 is 1.21 bits per heavy atom. The first-order valence-corrected chi connectivity index (χ1v) is 11.0. The van der Waals surface area contributed by atoms with Crippen molar-refractivity contribution in [3.8, 4) is 0 Å². The Balaban J connectivity index is 0.00000300. The average molecular weight is 529 g/mol. The Morgan fingerprint density at radius 2 is 1.97 bits per heavy atom. The van der Waals surface area contributed by atoms with Gasteiger partial charge in [0.05, 0.1) is 10.7 Å². The third-order valence-electron chi connectivity index (χ3n) is 4.79. The molecular formula is C21H33IN6S. The van der Waals surface area contributed by atoms with Crippen molar-refractivity contribution < 1.29 is 0 Å². The first-order valence-electron chi connectivity index (χ1n) is 10.1. The Morgan fingerprint density at radius 3 is 2.55 bits per heavy atom. The molecule has 3 rings (SSSR count). The standard InChI is InChI=1S/C21H32N6S.HI/c1-5-22-20(24-11-9-19-25-17(16-28-19)21(2,3)4)27-14-12-26(13-15-27)18-8-6-7-10-23-18;/h6-8,10,16H,5,9,11-15H2,1-4H3,(H,22,24);1H. The van der Waals surface area contributed by atoms with E-state index in [2.05, 4.69) is 59.2 Å². The summed E-state index contributed by atoms with van der Waals surface area (Å²) in [5, 5.41) is 6.80. The molecule has 0 spiro atoms. The predicted molar refractivity (Wildman–Crippen MR) is 134 cm³/mol. The molecule has 6 nitrogen and oxygen atoms in total. The molecule has 0 atom stereocenters. The maximum Gasteiger partial charge on any atom is 0.194 e. The lowest BCUT2D eigenvalue weighted by Gasteiger charge is -2.37. The lowest BCUT2D eigenvalue weighted by molar-refractivity contribution is 0.371. The molecule has 8 heteroatoms. The number of nitrogens with zero attached hydrogens (tertiary/aromatic N) is 5. The summed E-state index contributed by atoms with van der Waals surface area (Å²) in [7, 11) is 0. The van der Waals surface area contributed by atoms with Crippen molar-refractivity contribution in [2.24, 2.45) is 4.99 Å². The van der Waals surface area contributed by atoms with Crippen molar-refractivity contribution in [3.63, 3.8) is 0 Å². The number of hydrogen-bond acceptors (Lipinski definition) is 5. The lowest BCUT2D eigenvalue weighted by atomic mass is 9.93. The van der Waals surface area contributed by atoms with Crippen LogP contribution in [0.4, 0.5) is 5.82 Å². The molecule has 2 aromatic heterocycles. The molecule has 3 heterocycles. The molecule has 0 amide bonds. The summed E-state index contributed by atoms with van der Waals surface area (Å²) >= 11 is 1.75. The van der Waals surface area contributed by atoms with E-state index in [4.69, 9.17) is 9.98 Å². The molecule has 0 aromatic carbocycles. The van der Waals surface area contributed by atoms with Crippen molar-refractivity contribution in [2.45, 2.75) is 39.5 Å². The summed E-state index contributed by atoms with van der Waals surface area (Å²) < 4.78 is 0. The third-order valence-corrected chi connectivity index (χ3v) is 5.70. The minimum atomic E-state index is 0. The third kappa shape index (κ3) is 6.80. The highest BCUT2D eigenvalue weighted by Crippen LogP contribution is 2.24. The zero-order chi connectivity index (χ0) is 20.0. The van der Waals surface area contributed by atoms with Crippen molar-refractivity contribution in [3.05, 3.63) is 40.5 Å². The highest BCUT2D eigenvalue weighted by molar-refractivity contribution is 14.0. The van der Waals surface area contributed by atoms with Crippen LogP contribution < -0.4 is 10.2 Å². The van der Waals surface area contributed by atoms with Crippen LogP contribution >= 0.6 is 35.3 Å². The monoisotopic (exact) mass is 528 g/mol. The van der Waals surface area contributed by atoms with Crippen molar-refractivity contribution in [1.82, 2.24) is 20.2 Å². The summed E-state index contributed by atoms with van der Waals surface area (Å²) in [6, 6.07) is 6.08. The molecule has 0 aliphatic carbocycles. The number of aromatic nitrogens is 2. The molecule has 1 fully saturated rings. The van der Waals surface area contributed by atoms with E-state index in [0.29, 0.717) is 0 Å². The smallest absolute Gasteiger partial charge is 0.194 e. The number of anilines is 1. The topological polar surface area (TPSA) is 56.7 Å². The fourth-order valence-electron chi connectivity index (χ4n) is 3.14. The second-order valence-electron chi connectivity index (χ2n) is 8.02. The minimum Gasteiger partial charge on any atom is -0.357 e. The Bertz CT molecular complexity index is 763. The SMILES string of the molecule is CCNC(=NCCc1nc(C(C)(C)C)cs1)N1CCN(c2ccccn2)CC1.I. The highest BCUT2D eigenvalue weighted by Gasteiger charge is 2.20. The first-order chi connectivity index (χ1) is 13.5. The first kappa shape index (κ1) is 23.9. The molecule has 0 bridgehead atoms. The molecule has 1 aliphatic rings. The van der Waals surface area contributed by atoms with Gasteiger partial charge in [0.1, 0.15) is 5.82 Å². The van der Waals surface area contributed by atoms with E-state index in [1.54, 1.807) is 11.3 Å². The largest absolute Gasteiger partial charge is 0.357 e. The number of piperazine rings is 1. The second-order valence-corrected chi connectivity index (χ2v) is 8.97. The van der Waals surface area contributed by atoms with E-state index < -0.39 is 0 Å². The molecule has 0 saturated carbocycles. The lowest BCUT2D eigenvalue weighted by Crippen LogP contribution is -2.52. The van der Waals surface area contributed by atoms with Crippen molar-refractivity contribution >= 4 is 47.1 Å². The van der Waals surface area contributed by atoms with Gasteiger partial charge >= 0.3 is 0 Å². The van der Waals surface area contributed by atoms with Crippen molar-refractivity contribution in [1.29, 1.82) is 0 Å². The molecule has 1 saturated heterocycles. The van der Waals surface area contributed by atoms with Gasteiger partial charge in [0.15, 0.2) is 5.96 Å². The molecule has 1 aliphatic heterocycles. The number of halogens is 1. The van der Waals surface area contributed by atoms with E-state index >= 15 is 0 Å². The summed E-state index contributed by atoms with van der Waals surface area (Å²) in [4.78, 5) is 18.8. The normalized spacial score (nSPS) is 15.2. The van der Waals surface area contributed by atoms with Crippen LogP contribution in [0.2, 0.25) is 0 Å². The summed E-state index contributed by atoms with van der Waals surface area (Å²) in [5.74, 6) is 2.07. The Kier molecular flexibility index (Phi) is 9.13. The van der Waals surface area contributed by atoms with Gasteiger partial charge in [0.2, 0.25) is 0 Å². The zero-order valence-electron chi connectivity index (χ0n) is 17.9. The van der Waals surface area contributed by atoms with E-state index in [1.807, 2.05) is 18.3 Å².